The molecule has 0 aliphatic carbocycles. The van der Waals surface area contributed by atoms with Crippen LogP contribution in [-0.2, 0) is 17.9 Å². The first-order chi connectivity index (χ1) is 8.17. The minimum atomic E-state index is 0.0829. The van der Waals surface area contributed by atoms with Gasteiger partial charge in [0.05, 0.1) is 0 Å². The lowest BCUT2D eigenvalue weighted by Crippen LogP contribution is -2.35. The number of nitrogens with zero attached hydrogens (tertiary/aromatic N) is 1. The van der Waals surface area contributed by atoms with E-state index in [1.165, 1.54) is 0 Å². The Kier molecular flexibility index (Phi) is 5.77. The lowest BCUT2D eigenvalue weighted by Gasteiger charge is -2.14. The molecule has 0 bridgehead atoms. The van der Waals surface area contributed by atoms with Crippen LogP contribution in [0.4, 0.5) is 0 Å². The third kappa shape index (κ3) is 4.61. The van der Waals surface area contributed by atoms with E-state index in [0.29, 0.717) is 6.54 Å². The summed E-state index contributed by atoms with van der Waals surface area (Å²) in [6.07, 6.45) is 4.06. The third-order valence-corrected chi connectivity index (χ3v) is 2.72. The van der Waals surface area contributed by atoms with Crippen LogP contribution in [0, 0.1) is 0 Å². The van der Waals surface area contributed by atoms with Crippen LogP contribution in [0.15, 0.2) is 18.3 Å². The van der Waals surface area contributed by atoms with Crippen LogP contribution in [0.1, 0.15) is 32.4 Å². The fourth-order valence-corrected chi connectivity index (χ4v) is 1.93. The Balaban J connectivity index is 2.47. The summed E-state index contributed by atoms with van der Waals surface area (Å²) in [5.41, 5.74) is 1.13. The van der Waals surface area contributed by atoms with Gasteiger partial charge in [-0.15, -0.1) is 0 Å². The van der Waals surface area contributed by atoms with E-state index in [4.69, 9.17) is 0 Å². The van der Waals surface area contributed by atoms with E-state index in [1.807, 2.05) is 36.9 Å². The second-order valence-corrected chi connectivity index (χ2v) is 4.41. The van der Waals surface area contributed by atoms with Gasteiger partial charge in [0, 0.05) is 24.5 Å². The van der Waals surface area contributed by atoms with E-state index in [2.05, 4.69) is 17.6 Å². The molecule has 2 N–H and O–H groups in total. The number of amides is 1. The molecule has 0 fully saturated rings. The number of carbonyl (C=O) groups is 1. The predicted molar refractivity (Wildman–Crippen MR) is 69.7 cm³/mol. The molecule has 1 aromatic rings. The summed E-state index contributed by atoms with van der Waals surface area (Å²) >= 11 is 0. The fourth-order valence-electron chi connectivity index (χ4n) is 1.93. The summed E-state index contributed by atoms with van der Waals surface area (Å²) in [6.45, 7) is 5.36. The molecule has 4 heteroatoms. The van der Waals surface area contributed by atoms with E-state index >= 15 is 0 Å². The zero-order chi connectivity index (χ0) is 12.7. The van der Waals surface area contributed by atoms with Gasteiger partial charge in [0.25, 0.3) is 0 Å². The highest BCUT2D eigenvalue weighted by Crippen LogP contribution is 2.02. The van der Waals surface area contributed by atoms with Crippen LogP contribution < -0.4 is 10.6 Å². The van der Waals surface area contributed by atoms with E-state index in [1.54, 1.807) is 0 Å². The highest BCUT2D eigenvalue weighted by Gasteiger charge is 2.08. The third-order valence-electron chi connectivity index (χ3n) is 2.72. The summed E-state index contributed by atoms with van der Waals surface area (Å²) in [4.78, 5) is 11.8. The van der Waals surface area contributed by atoms with Gasteiger partial charge in [0.2, 0.25) is 5.91 Å². The van der Waals surface area contributed by atoms with Gasteiger partial charge in [-0.3, -0.25) is 4.79 Å². The summed E-state index contributed by atoms with van der Waals surface area (Å²) in [7, 11) is 1.90. The molecular formula is C13H23N3O. The van der Waals surface area contributed by atoms with Crippen molar-refractivity contribution in [2.45, 2.75) is 45.8 Å². The molecule has 17 heavy (non-hydrogen) atoms. The van der Waals surface area contributed by atoms with Crippen molar-refractivity contribution in [2.75, 3.05) is 7.05 Å². The van der Waals surface area contributed by atoms with Gasteiger partial charge >= 0.3 is 0 Å². The molecule has 0 spiro atoms. The molecule has 0 saturated heterocycles. The Hall–Kier alpha value is -1.29. The molecular weight excluding hydrogens is 214 g/mol. The van der Waals surface area contributed by atoms with Crippen LogP contribution in [0.5, 0.6) is 0 Å². The number of hydrogen-bond acceptors (Lipinski definition) is 2. The van der Waals surface area contributed by atoms with Crippen LogP contribution >= 0.6 is 0 Å². The van der Waals surface area contributed by atoms with Crippen LogP contribution in [0.3, 0.4) is 0 Å². The molecule has 1 heterocycles. The van der Waals surface area contributed by atoms with Crippen LogP contribution in [0.2, 0.25) is 0 Å². The number of rotatable bonds is 7. The maximum atomic E-state index is 11.8. The number of aromatic nitrogens is 1. The summed E-state index contributed by atoms with van der Waals surface area (Å²) in [5.74, 6) is 0.0829. The van der Waals surface area contributed by atoms with Crippen molar-refractivity contribution in [2.24, 2.45) is 0 Å². The van der Waals surface area contributed by atoms with Gasteiger partial charge in [-0.25, -0.2) is 0 Å². The molecule has 1 unspecified atom stereocenters. The van der Waals surface area contributed by atoms with Crippen molar-refractivity contribution >= 4 is 5.91 Å². The molecule has 0 aliphatic rings. The predicted octanol–water partition coefficient (Wildman–Crippen LogP) is 1.51. The van der Waals surface area contributed by atoms with Crippen molar-refractivity contribution in [3.8, 4) is 0 Å². The second-order valence-electron chi connectivity index (χ2n) is 4.41. The number of hydrogen-bond donors (Lipinski definition) is 2. The van der Waals surface area contributed by atoms with Crippen molar-refractivity contribution in [1.82, 2.24) is 15.2 Å². The van der Waals surface area contributed by atoms with E-state index in [-0.39, 0.29) is 11.9 Å². The SMILES string of the molecule is CCCC(C)NC(=O)Cn1cccc1CNC. The van der Waals surface area contributed by atoms with Crippen molar-refractivity contribution in [3.05, 3.63) is 24.0 Å². The molecule has 0 aromatic carbocycles. The van der Waals surface area contributed by atoms with Crippen LogP contribution in [-0.4, -0.2) is 23.6 Å². The first-order valence-electron chi connectivity index (χ1n) is 6.25. The minimum absolute atomic E-state index is 0.0829. The Labute approximate surface area is 103 Å². The lowest BCUT2D eigenvalue weighted by molar-refractivity contribution is -0.122. The Morgan fingerprint density at radius 2 is 2.29 bits per heavy atom. The molecule has 96 valence electrons. The monoisotopic (exact) mass is 237 g/mol. The van der Waals surface area contributed by atoms with Gasteiger partial charge in [-0.2, -0.15) is 0 Å². The van der Waals surface area contributed by atoms with Gasteiger partial charge in [-0.05, 0) is 32.5 Å². The maximum absolute atomic E-state index is 11.8. The number of nitrogens with one attached hydrogen (secondary N) is 2. The lowest BCUT2D eigenvalue weighted by atomic mass is 10.2. The average molecular weight is 237 g/mol. The zero-order valence-electron chi connectivity index (χ0n) is 11.0. The van der Waals surface area contributed by atoms with Crippen molar-refractivity contribution < 1.29 is 4.79 Å². The Bertz CT molecular complexity index is 346. The average Bonchev–Trinajstić information content (AvgIpc) is 2.66. The van der Waals surface area contributed by atoms with E-state index < -0.39 is 0 Å². The van der Waals surface area contributed by atoms with Gasteiger partial charge < -0.3 is 15.2 Å². The number of carbonyl (C=O) groups excluding carboxylic acids is 1. The smallest absolute Gasteiger partial charge is 0.240 e. The van der Waals surface area contributed by atoms with Crippen molar-refractivity contribution in [3.63, 3.8) is 0 Å². The quantitative estimate of drug-likeness (QED) is 0.755. The highest BCUT2D eigenvalue weighted by atomic mass is 16.2. The normalized spacial score (nSPS) is 12.4. The molecule has 1 amide bonds. The molecule has 0 saturated carbocycles. The van der Waals surface area contributed by atoms with E-state index in [9.17, 15) is 4.79 Å². The molecule has 4 nitrogen and oxygen atoms in total. The maximum Gasteiger partial charge on any atom is 0.240 e. The summed E-state index contributed by atoms with van der Waals surface area (Å²) in [5, 5.41) is 6.10. The first-order valence-corrected chi connectivity index (χ1v) is 6.25. The fraction of sp³-hybridized carbons (Fsp3) is 0.615. The van der Waals surface area contributed by atoms with Gasteiger partial charge in [-0.1, -0.05) is 13.3 Å². The molecule has 0 radical (unpaired) electrons. The Morgan fingerprint density at radius 3 is 2.94 bits per heavy atom. The largest absolute Gasteiger partial charge is 0.352 e. The van der Waals surface area contributed by atoms with Gasteiger partial charge in [0.15, 0.2) is 0 Å². The second kappa shape index (κ2) is 7.12. The summed E-state index contributed by atoms with van der Waals surface area (Å²) < 4.78 is 1.98. The first kappa shape index (κ1) is 13.8. The topological polar surface area (TPSA) is 46.1 Å². The molecule has 0 aliphatic heterocycles. The van der Waals surface area contributed by atoms with Crippen molar-refractivity contribution in [1.29, 1.82) is 0 Å². The molecule has 1 rings (SSSR count). The Morgan fingerprint density at radius 1 is 1.53 bits per heavy atom. The summed E-state index contributed by atoms with van der Waals surface area (Å²) in [6, 6.07) is 4.25. The molecule has 1 aromatic heterocycles. The van der Waals surface area contributed by atoms with Gasteiger partial charge in [0.1, 0.15) is 6.54 Å². The van der Waals surface area contributed by atoms with Crippen LogP contribution in [0.25, 0.3) is 0 Å². The zero-order valence-corrected chi connectivity index (χ0v) is 11.0. The van der Waals surface area contributed by atoms with E-state index in [0.717, 1.165) is 25.1 Å². The minimum Gasteiger partial charge on any atom is -0.352 e. The highest BCUT2D eigenvalue weighted by molar-refractivity contribution is 5.76. The standard InChI is InChI=1S/C13H23N3O/c1-4-6-11(2)15-13(17)10-16-8-5-7-12(16)9-14-3/h5,7-8,11,14H,4,6,9-10H2,1-3H3,(H,15,17). The molecule has 1 atom stereocenters.